The molecule has 2 aromatic heterocycles. The van der Waals surface area contributed by atoms with E-state index in [1.807, 2.05) is 0 Å². The van der Waals surface area contributed by atoms with Gasteiger partial charge in [0.1, 0.15) is 17.9 Å². The van der Waals surface area contributed by atoms with Crippen molar-refractivity contribution in [1.29, 1.82) is 5.26 Å². The number of nitrogens with zero attached hydrogens (tertiary/aromatic N) is 4. The first-order valence-electron chi connectivity index (χ1n) is 9.53. The Labute approximate surface area is 177 Å². The minimum Gasteiger partial charge on any atom is -0.324 e. The van der Waals surface area contributed by atoms with Crippen molar-refractivity contribution in [2.45, 2.75) is 13.0 Å². The summed E-state index contributed by atoms with van der Waals surface area (Å²) in [7, 11) is 1.75. The van der Waals surface area contributed by atoms with Crippen LogP contribution in [0.4, 0.5) is 10.1 Å². The first kappa shape index (κ1) is 20.0. The zero-order valence-electron chi connectivity index (χ0n) is 16.8. The van der Waals surface area contributed by atoms with E-state index in [2.05, 4.69) is 16.5 Å². The minimum atomic E-state index is -0.774. The Morgan fingerprint density at radius 2 is 1.94 bits per heavy atom. The molecule has 0 bridgehead atoms. The summed E-state index contributed by atoms with van der Waals surface area (Å²) in [6.07, 6.45) is 2.99. The maximum absolute atomic E-state index is 13.4. The largest absolute Gasteiger partial charge is 0.324 e. The summed E-state index contributed by atoms with van der Waals surface area (Å²) >= 11 is 0. The van der Waals surface area contributed by atoms with Gasteiger partial charge in [-0.25, -0.2) is 4.39 Å². The van der Waals surface area contributed by atoms with E-state index in [0.29, 0.717) is 27.7 Å². The number of aromatic nitrogens is 3. The fourth-order valence-electron chi connectivity index (χ4n) is 3.48. The van der Waals surface area contributed by atoms with Gasteiger partial charge in [0.25, 0.3) is 5.56 Å². The highest BCUT2D eigenvalue weighted by atomic mass is 19.1. The minimum absolute atomic E-state index is 0.345. The second-order valence-corrected chi connectivity index (χ2v) is 7.14. The zero-order valence-corrected chi connectivity index (χ0v) is 16.8. The van der Waals surface area contributed by atoms with E-state index in [4.69, 9.17) is 0 Å². The first-order valence-corrected chi connectivity index (χ1v) is 9.53. The van der Waals surface area contributed by atoms with Crippen LogP contribution in [0.2, 0.25) is 0 Å². The second-order valence-electron chi connectivity index (χ2n) is 7.14. The van der Waals surface area contributed by atoms with Crippen LogP contribution in [0.1, 0.15) is 18.5 Å². The lowest BCUT2D eigenvalue weighted by Crippen LogP contribution is -2.31. The highest BCUT2D eigenvalue weighted by molar-refractivity contribution is 5.94. The van der Waals surface area contributed by atoms with Crippen LogP contribution in [0.5, 0.6) is 0 Å². The van der Waals surface area contributed by atoms with Crippen LogP contribution in [0.3, 0.4) is 0 Å². The molecule has 0 saturated carbocycles. The van der Waals surface area contributed by atoms with Crippen LogP contribution < -0.4 is 10.9 Å². The third-order valence-electron chi connectivity index (χ3n) is 5.18. The van der Waals surface area contributed by atoms with Crippen LogP contribution in [0, 0.1) is 17.1 Å². The number of pyridine rings is 1. The van der Waals surface area contributed by atoms with Gasteiger partial charge in [-0.05, 0) is 48.7 Å². The van der Waals surface area contributed by atoms with Crippen LogP contribution in [0.15, 0.2) is 65.7 Å². The maximum atomic E-state index is 13.4. The standard InChI is InChI=1S/C23H18FN5O2/c1-14(29-10-9-16-11-18(24)5-8-20(16)23(29)31)22(30)27-19-6-3-15(4-7-19)21-17(12-25)13-26-28(21)2/h3-11,13-14H,1-2H3,(H,27,30)/t14-/m1/s1. The lowest BCUT2D eigenvalue weighted by atomic mass is 10.1. The molecule has 0 aliphatic carbocycles. The number of aryl methyl sites for hydroxylation is 1. The highest BCUT2D eigenvalue weighted by Gasteiger charge is 2.18. The molecule has 0 aliphatic heterocycles. The van der Waals surface area contributed by atoms with Gasteiger partial charge in [-0.15, -0.1) is 0 Å². The lowest BCUT2D eigenvalue weighted by Gasteiger charge is -2.16. The third-order valence-corrected chi connectivity index (χ3v) is 5.18. The quantitative estimate of drug-likeness (QED) is 0.551. The van der Waals surface area contributed by atoms with Crippen LogP contribution in [-0.4, -0.2) is 20.3 Å². The maximum Gasteiger partial charge on any atom is 0.259 e. The summed E-state index contributed by atoms with van der Waals surface area (Å²) in [6, 6.07) is 13.9. The Balaban J connectivity index is 1.56. The van der Waals surface area contributed by atoms with Gasteiger partial charge in [-0.1, -0.05) is 12.1 Å². The Bertz CT molecular complexity index is 1400. The van der Waals surface area contributed by atoms with Gasteiger partial charge in [-0.2, -0.15) is 10.4 Å². The van der Waals surface area contributed by atoms with Crippen molar-refractivity contribution in [3.8, 4) is 17.3 Å². The second kappa shape index (κ2) is 7.88. The fraction of sp³-hybridized carbons (Fsp3) is 0.130. The number of benzene rings is 2. The summed E-state index contributed by atoms with van der Waals surface area (Å²) in [5.41, 5.74) is 2.13. The molecule has 7 nitrogen and oxygen atoms in total. The van der Waals surface area contributed by atoms with E-state index in [1.54, 1.807) is 49.0 Å². The highest BCUT2D eigenvalue weighted by Crippen LogP contribution is 2.24. The monoisotopic (exact) mass is 415 g/mol. The smallest absolute Gasteiger partial charge is 0.259 e. The fourth-order valence-corrected chi connectivity index (χ4v) is 3.48. The number of amides is 1. The molecule has 4 rings (SSSR count). The predicted octanol–water partition coefficient (Wildman–Crippen LogP) is 3.61. The van der Waals surface area contributed by atoms with Gasteiger partial charge < -0.3 is 9.88 Å². The Morgan fingerprint density at radius 1 is 1.19 bits per heavy atom. The van der Waals surface area contributed by atoms with Gasteiger partial charge in [-0.3, -0.25) is 14.3 Å². The van der Waals surface area contributed by atoms with Crippen LogP contribution in [-0.2, 0) is 11.8 Å². The SMILES string of the molecule is C[C@H](C(=O)Nc1ccc(-c2c(C#N)cnn2C)cc1)n1ccc2cc(F)ccc2c1=O. The summed E-state index contributed by atoms with van der Waals surface area (Å²) in [5.74, 6) is -0.790. The van der Waals surface area contributed by atoms with Gasteiger partial charge in [0.15, 0.2) is 0 Å². The molecule has 0 unspecified atom stereocenters. The van der Waals surface area contributed by atoms with Gasteiger partial charge in [0, 0.05) is 29.9 Å². The summed E-state index contributed by atoms with van der Waals surface area (Å²) in [6.45, 7) is 1.62. The molecule has 1 amide bonds. The third kappa shape index (κ3) is 3.69. The summed E-state index contributed by atoms with van der Waals surface area (Å²) in [5, 5.41) is 17.0. The lowest BCUT2D eigenvalue weighted by molar-refractivity contribution is -0.118. The van der Waals surface area contributed by atoms with E-state index < -0.39 is 11.9 Å². The molecule has 0 fully saturated rings. The summed E-state index contributed by atoms with van der Waals surface area (Å²) in [4.78, 5) is 25.5. The van der Waals surface area contributed by atoms with Crippen molar-refractivity contribution in [2.75, 3.05) is 5.32 Å². The van der Waals surface area contributed by atoms with Crippen molar-refractivity contribution >= 4 is 22.4 Å². The number of hydrogen-bond acceptors (Lipinski definition) is 4. The molecular formula is C23H18FN5O2. The number of hydrogen-bond donors (Lipinski definition) is 1. The number of carbonyl (C=O) groups excluding carboxylic acids is 1. The molecule has 4 aromatic rings. The Hall–Kier alpha value is -4.25. The summed E-state index contributed by atoms with van der Waals surface area (Å²) < 4.78 is 16.3. The van der Waals surface area contributed by atoms with E-state index in [-0.39, 0.29) is 11.5 Å². The number of anilines is 1. The average molecular weight is 415 g/mol. The number of nitriles is 1. The van der Waals surface area contributed by atoms with Crippen molar-refractivity contribution in [1.82, 2.24) is 14.3 Å². The molecular weight excluding hydrogens is 397 g/mol. The van der Waals surface area contributed by atoms with Gasteiger partial charge in [0.05, 0.1) is 17.5 Å². The number of halogens is 1. The molecule has 0 aliphatic rings. The number of nitrogens with one attached hydrogen (secondary N) is 1. The normalized spacial score (nSPS) is 11.8. The molecule has 2 aromatic carbocycles. The van der Waals surface area contributed by atoms with Crippen molar-refractivity contribution in [2.24, 2.45) is 7.05 Å². The van der Waals surface area contributed by atoms with Crippen LogP contribution >= 0.6 is 0 Å². The average Bonchev–Trinajstić information content (AvgIpc) is 3.14. The molecule has 2 heterocycles. The Morgan fingerprint density at radius 3 is 2.65 bits per heavy atom. The van der Waals surface area contributed by atoms with Crippen molar-refractivity contribution in [3.05, 3.63) is 82.7 Å². The molecule has 1 N–H and O–H groups in total. The van der Waals surface area contributed by atoms with Crippen LogP contribution in [0.25, 0.3) is 22.0 Å². The van der Waals surface area contributed by atoms with E-state index >= 15 is 0 Å². The molecule has 154 valence electrons. The number of fused-ring (bicyclic) bond motifs is 1. The van der Waals surface area contributed by atoms with Gasteiger partial charge in [0.2, 0.25) is 5.91 Å². The predicted molar refractivity (Wildman–Crippen MR) is 115 cm³/mol. The zero-order chi connectivity index (χ0) is 22.1. The molecule has 0 saturated heterocycles. The molecule has 0 radical (unpaired) electrons. The van der Waals surface area contributed by atoms with Gasteiger partial charge >= 0.3 is 0 Å². The van der Waals surface area contributed by atoms with Crippen molar-refractivity contribution in [3.63, 3.8) is 0 Å². The molecule has 31 heavy (non-hydrogen) atoms. The van der Waals surface area contributed by atoms with E-state index in [0.717, 1.165) is 5.56 Å². The number of carbonyl (C=O) groups is 1. The first-order chi connectivity index (χ1) is 14.9. The topological polar surface area (TPSA) is 92.7 Å². The molecule has 1 atom stereocenters. The molecule has 0 spiro atoms. The molecule has 8 heteroatoms. The van der Waals surface area contributed by atoms with E-state index in [1.165, 1.54) is 35.2 Å². The number of rotatable bonds is 4. The van der Waals surface area contributed by atoms with Crippen molar-refractivity contribution < 1.29 is 9.18 Å². The Kier molecular flexibility index (Phi) is 5.09. The van der Waals surface area contributed by atoms with E-state index in [9.17, 15) is 19.2 Å².